The first-order valence-corrected chi connectivity index (χ1v) is 12.4. The Kier molecular flexibility index (Phi) is 6.38. The third-order valence-corrected chi connectivity index (χ3v) is 8.19. The summed E-state index contributed by atoms with van der Waals surface area (Å²) in [6.07, 6.45) is 1.34. The first-order chi connectivity index (χ1) is 15.2. The fourth-order valence-electron chi connectivity index (χ4n) is 3.36. The van der Waals surface area contributed by atoms with Crippen molar-refractivity contribution in [2.75, 3.05) is 38.5 Å². The van der Waals surface area contributed by atoms with Gasteiger partial charge in [-0.2, -0.15) is 4.31 Å². The van der Waals surface area contributed by atoms with Crippen LogP contribution in [-0.2, 0) is 14.8 Å². The number of likely N-dealkylation sites (N-methyl/N-ethyl adjacent to an activating group) is 1. The maximum atomic E-state index is 12.8. The van der Waals surface area contributed by atoms with Crippen LogP contribution >= 0.6 is 11.8 Å². The van der Waals surface area contributed by atoms with Gasteiger partial charge >= 0.3 is 5.69 Å². The zero-order valence-electron chi connectivity index (χ0n) is 17.7. The zero-order valence-corrected chi connectivity index (χ0v) is 19.3. The lowest BCUT2D eigenvalue weighted by atomic mass is 10.2. The maximum Gasteiger partial charge on any atom is 0.323 e. The molecule has 3 aromatic rings. The molecule has 1 aromatic carbocycles. The number of thioether (sulfide) groups is 1. The number of imidazole rings is 1. The van der Waals surface area contributed by atoms with Crippen LogP contribution in [-0.4, -0.2) is 77.0 Å². The number of benzene rings is 1. The molecule has 0 spiro atoms. The number of H-pyrrole nitrogens is 2. The van der Waals surface area contributed by atoms with Crippen LogP contribution in [0.5, 0.6) is 0 Å². The van der Waals surface area contributed by atoms with E-state index in [0.29, 0.717) is 47.9 Å². The van der Waals surface area contributed by atoms with Gasteiger partial charge in [0.15, 0.2) is 0 Å². The van der Waals surface area contributed by atoms with Crippen molar-refractivity contribution in [1.29, 1.82) is 0 Å². The Labute approximate surface area is 189 Å². The zero-order chi connectivity index (χ0) is 22.9. The number of hydrogen-bond donors (Lipinski definition) is 3. The molecule has 4 rings (SSSR count). The molecular weight excluding hydrogens is 452 g/mol. The van der Waals surface area contributed by atoms with Gasteiger partial charge in [-0.15, -0.1) is 0 Å². The van der Waals surface area contributed by atoms with Crippen molar-refractivity contribution in [1.82, 2.24) is 24.2 Å². The van der Waals surface area contributed by atoms with E-state index < -0.39 is 15.3 Å². The van der Waals surface area contributed by atoms with Crippen molar-refractivity contribution in [3.05, 3.63) is 47.0 Å². The van der Waals surface area contributed by atoms with Crippen molar-refractivity contribution in [3.63, 3.8) is 0 Å². The number of amides is 1. The largest absolute Gasteiger partial charge is 0.325 e. The fraction of sp³-hybridized carbons (Fsp3) is 0.350. The lowest BCUT2D eigenvalue weighted by molar-refractivity contribution is -0.115. The standard InChI is InChI=1S/C20H24N6O4S2/c1-13(19(27)22-14-3-5-16-17(11-14)24-20(28)23-16)31-18-6-4-15(12-21-18)32(29,30)26-9-7-25(2)8-10-26/h3-6,11-13H,7-10H2,1-2H3,(H,22,27)(H2,23,24,28)/t13-/m1/s1. The molecule has 1 atom stereocenters. The van der Waals surface area contributed by atoms with Crippen LogP contribution in [0.2, 0.25) is 0 Å². The van der Waals surface area contributed by atoms with Gasteiger partial charge in [-0.3, -0.25) is 4.79 Å². The molecule has 12 heteroatoms. The minimum Gasteiger partial charge on any atom is -0.325 e. The third kappa shape index (κ3) is 4.88. The molecule has 170 valence electrons. The predicted molar refractivity (Wildman–Crippen MR) is 123 cm³/mol. The van der Waals surface area contributed by atoms with Crippen LogP contribution in [0.25, 0.3) is 11.0 Å². The average molecular weight is 477 g/mol. The molecular formula is C20H24N6O4S2. The summed E-state index contributed by atoms with van der Waals surface area (Å²) in [5.74, 6) is -0.233. The molecule has 1 fully saturated rings. The summed E-state index contributed by atoms with van der Waals surface area (Å²) < 4.78 is 27.1. The number of carbonyl (C=O) groups is 1. The van der Waals surface area contributed by atoms with Crippen molar-refractivity contribution < 1.29 is 13.2 Å². The summed E-state index contributed by atoms with van der Waals surface area (Å²) in [6.45, 7) is 4.04. The van der Waals surface area contributed by atoms with Gasteiger partial charge in [-0.25, -0.2) is 18.2 Å². The highest BCUT2D eigenvalue weighted by Crippen LogP contribution is 2.25. The van der Waals surface area contributed by atoms with E-state index in [2.05, 4.69) is 25.2 Å². The van der Waals surface area contributed by atoms with Gasteiger partial charge in [0, 0.05) is 38.1 Å². The lowest BCUT2D eigenvalue weighted by Gasteiger charge is -2.31. The van der Waals surface area contributed by atoms with Crippen LogP contribution in [0.4, 0.5) is 5.69 Å². The molecule has 0 saturated carbocycles. The Hall–Kier alpha value is -2.67. The summed E-state index contributed by atoms with van der Waals surface area (Å²) in [5, 5.41) is 2.90. The molecule has 1 aliphatic rings. The van der Waals surface area contributed by atoms with Crippen LogP contribution in [0, 0.1) is 0 Å². The van der Waals surface area contributed by atoms with Crippen LogP contribution in [0.15, 0.2) is 51.2 Å². The van der Waals surface area contributed by atoms with Gasteiger partial charge in [-0.1, -0.05) is 11.8 Å². The number of carbonyl (C=O) groups excluding carboxylic acids is 1. The van der Waals surface area contributed by atoms with Crippen molar-refractivity contribution in [2.45, 2.75) is 22.1 Å². The summed E-state index contributed by atoms with van der Waals surface area (Å²) >= 11 is 1.23. The van der Waals surface area contributed by atoms with Crippen molar-refractivity contribution in [2.24, 2.45) is 0 Å². The molecule has 3 N–H and O–H groups in total. The quantitative estimate of drug-likeness (QED) is 0.457. The minimum atomic E-state index is -3.58. The molecule has 0 unspecified atom stereocenters. The number of hydrogen-bond acceptors (Lipinski definition) is 7. The van der Waals surface area contributed by atoms with Crippen LogP contribution in [0.3, 0.4) is 0 Å². The van der Waals surface area contributed by atoms with Gasteiger partial charge in [0.05, 0.1) is 21.3 Å². The lowest BCUT2D eigenvalue weighted by Crippen LogP contribution is -2.47. The molecule has 0 radical (unpaired) electrons. The first-order valence-electron chi connectivity index (χ1n) is 10.1. The summed E-state index contributed by atoms with van der Waals surface area (Å²) in [4.78, 5) is 35.7. The van der Waals surface area contributed by atoms with E-state index in [0.717, 1.165) is 0 Å². The Bertz CT molecular complexity index is 1280. The average Bonchev–Trinajstić information content (AvgIpc) is 3.13. The Morgan fingerprint density at radius 2 is 1.84 bits per heavy atom. The van der Waals surface area contributed by atoms with E-state index in [4.69, 9.17) is 0 Å². The Balaban J connectivity index is 1.38. The van der Waals surface area contributed by atoms with E-state index in [-0.39, 0.29) is 16.5 Å². The van der Waals surface area contributed by atoms with Gasteiger partial charge < -0.3 is 20.2 Å². The fourth-order valence-corrected chi connectivity index (χ4v) is 5.51. The third-order valence-electron chi connectivity index (χ3n) is 5.26. The molecule has 1 amide bonds. The minimum absolute atomic E-state index is 0.150. The highest BCUT2D eigenvalue weighted by atomic mass is 32.2. The van der Waals surface area contributed by atoms with Gasteiger partial charge in [0.25, 0.3) is 0 Å². The van der Waals surface area contributed by atoms with E-state index in [9.17, 15) is 18.0 Å². The second-order valence-electron chi connectivity index (χ2n) is 7.63. The van der Waals surface area contributed by atoms with Gasteiger partial charge in [0.2, 0.25) is 15.9 Å². The van der Waals surface area contributed by atoms with Crippen molar-refractivity contribution >= 4 is 44.4 Å². The first kappa shape index (κ1) is 22.5. The molecule has 1 aliphatic heterocycles. The number of aromatic amines is 2. The van der Waals surface area contributed by atoms with E-state index in [1.54, 1.807) is 31.2 Å². The summed E-state index contributed by atoms with van der Waals surface area (Å²) in [7, 11) is -1.61. The maximum absolute atomic E-state index is 12.8. The number of sulfonamides is 1. The summed E-state index contributed by atoms with van der Waals surface area (Å²) in [5.41, 5.74) is 1.52. The molecule has 32 heavy (non-hydrogen) atoms. The van der Waals surface area contributed by atoms with E-state index >= 15 is 0 Å². The molecule has 3 heterocycles. The number of pyridine rings is 1. The molecule has 2 aromatic heterocycles. The molecule has 0 bridgehead atoms. The number of piperazine rings is 1. The number of nitrogens with zero attached hydrogens (tertiary/aromatic N) is 3. The number of fused-ring (bicyclic) bond motifs is 1. The van der Waals surface area contributed by atoms with E-state index in [1.807, 2.05) is 7.05 Å². The van der Waals surface area contributed by atoms with Crippen molar-refractivity contribution in [3.8, 4) is 0 Å². The smallest absolute Gasteiger partial charge is 0.323 e. The Morgan fingerprint density at radius 3 is 2.53 bits per heavy atom. The molecule has 10 nitrogen and oxygen atoms in total. The van der Waals surface area contributed by atoms with Gasteiger partial charge in [-0.05, 0) is 44.3 Å². The SMILES string of the molecule is C[C@@H](Sc1ccc(S(=O)(=O)N2CCN(C)CC2)cn1)C(=O)Nc1ccc2[nH]c(=O)[nH]c2c1. The second-order valence-corrected chi connectivity index (χ2v) is 10.9. The highest BCUT2D eigenvalue weighted by molar-refractivity contribution is 8.00. The van der Waals surface area contributed by atoms with Crippen LogP contribution in [0.1, 0.15) is 6.92 Å². The van der Waals surface area contributed by atoms with E-state index in [1.165, 1.54) is 28.3 Å². The molecule has 0 aliphatic carbocycles. The normalized spacial score (nSPS) is 16.8. The Morgan fingerprint density at radius 1 is 1.12 bits per heavy atom. The monoisotopic (exact) mass is 476 g/mol. The number of anilines is 1. The predicted octanol–water partition coefficient (Wildman–Crippen LogP) is 1.31. The number of nitrogens with one attached hydrogen (secondary N) is 3. The summed E-state index contributed by atoms with van der Waals surface area (Å²) in [6, 6.07) is 8.25. The van der Waals surface area contributed by atoms with Crippen LogP contribution < -0.4 is 11.0 Å². The number of rotatable bonds is 6. The van der Waals surface area contributed by atoms with Gasteiger partial charge in [0.1, 0.15) is 4.90 Å². The highest BCUT2D eigenvalue weighted by Gasteiger charge is 2.27. The number of aromatic nitrogens is 3. The molecule has 1 saturated heterocycles. The second kappa shape index (κ2) is 9.06. The topological polar surface area (TPSA) is 131 Å².